The van der Waals surface area contributed by atoms with Gasteiger partial charge in [0.05, 0.1) is 16.8 Å². The van der Waals surface area contributed by atoms with Gasteiger partial charge in [0.15, 0.2) is 0 Å². The highest BCUT2D eigenvalue weighted by molar-refractivity contribution is 6.12. The average Bonchev–Trinajstić information content (AvgIpc) is 3.21. The summed E-state index contributed by atoms with van der Waals surface area (Å²) in [6, 6.07) is 23.5. The van der Waals surface area contributed by atoms with E-state index in [0.29, 0.717) is 28.1 Å². The summed E-state index contributed by atoms with van der Waals surface area (Å²) in [5.74, 6) is -0.301. The predicted octanol–water partition coefficient (Wildman–Crippen LogP) is 7.74. The van der Waals surface area contributed by atoms with Gasteiger partial charge in [0, 0.05) is 16.9 Å². The maximum Gasteiger partial charge on any atom is 0.416 e. The number of amides is 1. The van der Waals surface area contributed by atoms with Gasteiger partial charge in [0.1, 0.15) is 0 Å². The molecule has 0 saturated heterocycles. The van der Waals surface area contributed by atoms with Crippen molar-refractivity contribution in [3.63, 3.8) is 0 Å². The maximum atomic E-state index is 13.5. The first-order valence-corrected chi connectivity index (χ1v) is 10.6. The fraction of sp³-hybridized carbons (Fsp3) is 0.148. The molecule has 0 atom stereocenters. The number of H-pyrrole nitrogens is 1. The molecule has 1 aromatic heterocycles. The summed E-state index contributed by atoms with van der Waals surface area (Å²) < 4.78 is 39.3. The first-order valence-electron chi connectivity index (χ1n) is 10.6. The first-order chi connectivity index (χ1) is 15.8. The summed E-state index contributed by atoms with van der Waals surface area (Å²) in [4.78, 5) is 16.8. The Morgan fingerprint density at radius 2 is 1.39 bits per heavy atom. The van der Waals surface area contributed by atoms with Gasteiger partial charge in [-0.2, -0.15) is 13.2 Å². The number of carbonyl (C=O) groups excluding carboxylic acids is 1. The number of halogens is 3. The Hall–Kier alpha value is -3.80. The van der Waals surface area contributed by atoms with Crippen molar-refractivity contribution >= 4 is 11.6 Å². The van der Waals surface area contributed by atoms with Crippen LogP contribution >= 0.6 is 0 Å². The van der Waals surface area contributed by atoms with Crippen molar-refractivity contribution in [2.24, 2.45) is 0 Å². The third-order valence-corrected chi connectivity index (χ3v) is 5.43. The van der Waals surface area contributed by atoms with E-state index >= 15 is 0 Å². The van der Waals surface area contributed by atoms with Crippen LogP contribution in [0.1, 0.15) is 41.4 Å². The molecule has 6 heteroatoms. The molecule has 0 spiro atoms. The SMILES string of the molecule is CC(C)c1[nH]c(-c2ccc(C(F)(F)F)cc2)c(-c2ccccc2)c1C(=O)Nc1ccccc1. The smallest absolute Gasteiger partial charge is 0.357 e. The summed E-state index contributed by atoms with van der Waals surface area (Å²) in [6.45, 7) is 3.94. The number of alkyl halides is 3. The molecule has 1 heterocycles. The maximum absolute atomic E-state index is 13.5. The number of anilines is 1. The van der Waals surface area contributed by atoms with Gasteiger partial charge >= 0.3 is 6.18 Å². The van der Waals surface area contributed by atoms with Gasteiger partial charge in [-0.15, -0.1) is 0 Å². The van der Waals surface area contributed by atoms with Gasteiger partial charge in [-0.25, -0.2) is 0 Å². The Bertz CT molecular complexity index is 1240. The Morgan fingerprint density at radius 3 is 1.94 bits per heavy atom. The lowest BCUT2D eigenvalue weighted by Gasteiger charge is -2.12. The van der Waals surface area contributed by atoms with Gasteiger partial charge in [0.25, 0.3) is 5.91 Å². The average molecular weight is 448 g/mol. The minimum atomic E-state index is -4.42. The molecule has 0 aliphatic rings. The molecule has 2 N–H and O–H groups in total. The lowest BCUT2D eigenvalue weighted by molar-refractivity contribution is -0.137. The Balaban J connectivity index is 1.90. The monoisotopic (exact) mass is 448 g/mol. The molecule has 168 valence electrons. The van der Waals surface area contributed by atoms with E-state index in [2.05, 4.69) is 10.3 Å². The van der Waals surface area contributed by atoms with Crippen LogP contribution < -0.4 is 5.32 Å². The molecular formula is C27H23F3N2O. The minimum absolute atomic E-state index is 0.0211. The second kappa shape index (κ2) is 8.98. The molecule has 4 rings (SSSR count). The molecule has 0 fully saturated rings. The van der Waals surface area contributed by atoms with Crippen LogP contribution in [0.2, 0.25) is 0 Å². The standard InChI is InChI=1S/C27H23F3N2O/c1-17(2)24-23(26(33)31-21-11-7-4-8-12-21)22(18-9-5-3-6-10-18)25(32-24)19-13-15-20(16-14-19)27(28,29)30/h3-17,32H,1-2H3,(H,31,33). The van der Waals surface area contributed by atoms with Crippen LogP contribution in [0.3, 0.4) is 0 Å². The highest BCUT2D eigenvalue weighted by Crippen LogP contribution is 2.40. The summed E-state index contributed by atoms with van der Waals surface area (Å²) in [7, 11) is 0. The molecule has 3 aromatic carbocycles. The lowest BCUT2D eigenvalue weighted by atomic mass is 9.94. The third-order valence-electron chi connectivity index (χ3n) is 5.43. The van der Waals surface area contributed by atoms with Crippen molar-refractivity contribution in [1.82, 2.24) is 4.98 Å². The Labute approximate surface area is 190 Å². The van der Waals surface area contributed by atoms with E-state index in [0.717, 1.165) is 23.4 Å². The number of nitrogens with one attached hydrogen (secondary N) is 2. The van der Waals surface area contributed by atoms with Crippen LogP contribution in [0.4, 0.5) is 18.9 Å². The van der Waals surface area contributed by atoms with Crippen molar-refractivity contribution in [2.45, 2.75) is 25.9 Å². The first kappa shape index (κ1) is 22.4. The summed E-state index contributed by atoms with van der Waals surface area (Å²) in [6.07, 6.45) is -4.42. The number of carbonyl (C=O) groups is 1. The van der Waals surface area contributed by atoms with Crippen molar-refractivity contribution in [2.75, 3.05) is 5.32 Å². The van der Waals surface area contributed by atoms with Crippen LogP contribution in [0.5, 0.6) is 0 Å². The van der Waals surface area contributed by atoms with E-state index in [1.807, 2.05) is 62.4 Å². The summed E-state index contributed by atoms with van der Waals surface area (Å²) >= 11 is 0. The van der Waals surface area contributed by atoms with E-state index in [9.17, 15) is 18.0 Å². The van der Waals surface area contributed by atoms with Gasteiger partial charge in [-0.1, -0.05) is 74.5 Å². The van der Waals surface area contributed by atoms with E-state index in [4.69, 9.17) is 0 Å². The van der Waals surface area contributed by atoms with E-state index in [1.165, 1.54) is 12.1 Å². The zero-order valence-corrected chi connectivity index (χ0v) is 18.2. The van der Waals surface area contributed by atoms with Crippen LogP contribution in [0.25, 0.3) is 22.4 Å². The van der Waals surface area contributed by atoms with Gasteiger partial charge in [-0.3, -0.25) is 4.79 Å². The minimum Gasteiger partial charge on any atom is -0.357 e. The number of aromatic amines is 1. The molecule has 0 radical (unpaired) electrons. The predicted molar refractivity (Wildman–Crippen MR) is 125 cm³/mol. The summed E-state index contributed by atoms with van der Waals surface area (Å²) in [5.41, 5.74) is 3.78. The summed E-state index contributed by atoms with van der Waals surface area (Å²) in [5, 5.41) is 2.95. The van der Waals surface area contributed by atoms with Crippen LogP contribution in [0, 0.1) is 0 Å². The molecule has 3 nitrogen and oxygen atoms in total. The van der Waals surface area contributed by atoms with Gasteiger partial charge < -0.3 is 10.3 Å². The highest BCUT2D eigenvalue weighted by Gasteiger charge is 2.31. The van der Waals surface area contributed by atoms with Crippen molar-refractivity contribution in [3.8, 4) is 22.4 Å². The van der Waals surface area contributed by atoms with Crippen LogP contribution in [0.15, 0.2) is 84.9 Å². The molecule has 0 saturated carbocycles. The van der Waals surface area contributed by atoms with Gasteiger partial charge in [0.2, 0.25) is 0 Å². The van der Waals surface area contributed by atoms with Crippen molar-refractivity contribution in [3.05, 3.63) is 102 Å². The molecule has 33 heavy (non-hydrogen) atoms. The van der Waals surface area contributed by atoms with E-state index < -0.39 is 11.7 Å². The van der Waals surface area contributed by atoms with Crippen molar-refractivity contribution < 1.29 is 18.0 Å². The zero-order valence-electron chi connectivity index (χ0n) is 18.2. The number of benzene rings is 3. The van der Waals surface area contributed by atoms with Crippen molar-refractivity contribution in [1.29, 1.82) is 0 Å². The molecule has 0 unspecified atom stereocenters. The number of aromatic nitrogens is 1. The number of para-hydroxylation sites is 1. The molecule has 4 aromatic rings. The molecule has 0 aliphatic carbocycles. The lowest BCUT2D eigenvalue weighted by Crippen LogP contribution is -2.14. The Morgan fingerprint density at radius 1 is 0.818 bits per heavy atom. The molecule has 1 amide bonds. The highest BCUT2D eigenvalue weighted by atomic mass is 19.4. The zero-order chi connectivity index (χ0) is 23.6. The molecule has 0 bridgehead atoms. The largest absolute Gasteiger partial charge is 0.416 e. The number of hydrogen-bond donors (Lipinski definition) is 2. The molecule has 0 aliphatic heterocycles. The van der Waals surface area contributed by atoms with Crippen LogP contribution in [-0.2, 0) is 6.18 Å². The quantitative estimate of drug-likeness (QED) is 0.322. The topological polar surface area (TPSA) is 44.9 Å². The second-order valence-electron chi connectivity index (χ2n) is 8.08. The number of rotatable bonds is 5. The number of hydrogen-bond acceptors (Lipinski definition) is 1. The third kappa shape index (κ3) is 4.70. The van der Waals surface area contributed by atoms with E-state index in [1.54, 1.807) is 12.1 Å². The Kier molecular flexibility index (Phi) is 6.09. The fourth-order valence-electron chi connectivity index (χ4n) is 3.84. The fourth-order valence-corrected chi connectivity index (χ4v) is 3.84. The van der Waals surface area contributed by atoms with E-state index in [-0.39, 0.29) is 11.8 Å². The second-order valence-corrected chi connectivity index (χ2v) is 8.08. The normalized spacial score (nSPS) is 11.6. The van der Waals surface area contributed by atoms with Crippen LogP contribution in [-0.4, -0.2) is 10.9 Å². The van der Waals surface area contributed by atoms with Gasteiger partial charge in [-0.05, 0) is 41.3 Å². The molecular weight excluding hydrogens is 425 g/mol.